The summed E-state index contributed by atoms with van der Waals surface area (Å²) in [4.78, 5) is 22.8. The summed E-state index contributed by atoms with van der Waals surface area (Å²) in [7, 11) is 0. The highest BCUT2D eigenvalue weighted by atomic mass is 16.2. The number of nitrogens with one attached hydrogen (secondary N) is 2. The second-order valence-electron chi connectivity index (χ2n) is 3.67. The predicted octanol–water partition coefficient (Wildman–Crippen LogP) is 0.114. The second kappa shape index (κ2) is 6.65. The number of benzene rings is 1. The third kappa shape index (κ3) is 4.24. The first-order valence-electron chi connectivity index (χ1n) is 5.51. The highest BCUT2D eigenvalue weighted by Crippen LogP contribution is 2.03. The average molecular weight is 235 g/mol. The van der Waals surface area contributed by atoms with Gasteiger partial charge in [-0.1, -0.05) is 37.3 Å². The molecule has 0 radical (unpaired) electrons. The Morgan fingerprint density at radius 2 is 1.94 bits per heavy atom. The molecular weight excluding hydrogens is 218 g/mol. The molecule has 0 aliphatic carbocycles. The van der Waals surface area contributed by atoms with E-state index in [4.69, 9.17) is 5.84 Å². The van der Waals surface area contributed by atoms with Gasteiger partial charge in [0.05, 0.1) is 0 Å². The van der Waals surface area contributed by atoms with E-state index < -0.39 is 11.9 Å². The smallest absolute Gasteiger partial charge is 0.256 e. The molecule has 0 saturated carbocycles. The van der Waals surface area contributed by atoms with Crippen molar-refractivity contribution in [2.24, 2.45) is 5.84 Å². The molecular formula is C12H17N3O2. The summed E-state index contributed by atoms with van der Waals surface area (Å²) >= 11 is 0. The Kier molecular flexibility index (Phi) is 5.16. The number of hydrazine groups is 1. The van der Waals surface area contributed by atoms with Crippen molar-refractivity contribution in [3.63, 3.8) is 0 Å². The van der Waals surface area contributed by atoms with Crippen molar-refractivity contribution >= 4 is 11.8 Å². The van der Waals surface area contributed by atoms with Gasteiger partial charge < -0.3 is 5.32 Å². The molecule has 1 rings (SSSR count). The van der Waals surface area contributed by atoms with Crippen LogP contribution >= 0.6 is 0 Å². The number of hydrogen-bond donors (Lipinski definition) is 3. The lowest BCUT2D eigenvalue weighted by atomic mass is 10.1. The Morgan fingerprint density at radius 3 is 2.47 bits per heavy atom. The van der Waals surface area contributed by atoms with E-state index in [1.807, 2.05) is 30.3 Å². The standard InChI is InChI=1S/C12H17N3O2/c1-2-11(16)14-10(12(17)15-13)8-9-6-4-3-5-7-9/h3-7,10H,2,8,13H2,1H3,(H,14,16)(H,15,17)/t10-/m1/s1. The molecule has 1 aromatic carbocycles. The molecule has 2 amide bonds. The number of amides is 2. The van der Waals surface area contributed by atoms with Gasteiger partial charge in [-0.3, -0.25) is 15.0 Å². The zero-order valence-corrected chi connectivity index (χ0v) is 9.77. The van der Waals surface area contributed by atoms with Crippen LogP contribution in [0.5, 0.6) is 0 Å². The summed E-state index contributed by atoms with van der Waals surface area (Å²) in [5.74, 6) is 4.53. The van der Waals surface area contributed by atoms with E-state index in [0.717, 1.165) is 5.56 Å². The van der Waals surface area contributed by atoms with E-state index in [1.54, 1.807) is 6.92 Å². The van der Waals surface area contributed by atoms with Crippen molar-refractivity contribution in [2.75, 3.05) is 0 Å². The van der Waals surface area contributed by atoms with Gasteiger partial charge in [0.25, 0.3) is 5.91 Å². The van der Waals surface area contributed by atoms with Gasteiger partial charge in [-0.05, 0) is 5.56 Å². The van der Waals surface area contributed by atoms with Crippen LogP contribution in [0.3, 0.4) is 0 Å². The van der Waals surface area contributed by atoms with Crippen LogP contribution in [0.4, 0.5) is 0 Å². The molecule has 17 heavy (non-hydrogen) atoms. The Labute approximate surface area is 100 Å². The maximum absolute atomic E-state index is 11.5. The molecule has 0 bridgehead atoms. The molecule has 0 spiro atoms. The largest absolute Gasteiger partial charge is 0.344 e. The third-order valence-corrected chi connectivity index (χ3v) is 2.40. The minimum absolute atomic E-state index is 0.172. The maximum Gasteiger partial charge on any atom is 0.256 e. The number of carbonyl (C=O) groups is 2. The van der Waals surface area contributed by atoms with Crippen LogP contribution in [0.15, 0.2) is 30.3 Å². The molecule has 0 aromatic heterocycles. The zero-order valence-electron chi connectivity index (χ0n) is 9.77. The van der Waals surface area contributed by atoms with Gasteiger partial charge in [0.1, 0.15) is 6.04 Å². The molecule has 1 atom stereocenters. The molecule has 92 valence electrons. The van der Waals surface area contributed by atoms with Gasteiger partial charge in [-0.25, -0.2) is 5.84 Å². The third-order valence-electron chi connectivity index (χ3n) is 2.40. The molecule has 1 aromatic rings. The van der Waals surface area contributed by atoms with E-state index >= 15 is 0 Å². The summed E-state index contributed by atoms with van der Waals surface area (Å²) < 4.78 is 0. The van der Waals surface area contributed by atoms with Gasteiger partial charge in [-0.2, -0.15) is 0 Å². The average Bonchev–Trinajstić information content (AvgIpc) is 2.38. The maximum atomic E-state index is 11.5. The summed E-state index contributed by atoms with van der Waals surface area (Å²) in [5, 5.41) is 2.63. The number of carbonyl (C=O) groups excluding carboxylic acids is 2. The van der Waals surface area contributed by atoms with Crippen molar-refractivity contribution in [2.45, 2.75) is 25.8 Å². The van der Waals surface area contributed by atoms with Crippen LogP contribution in [0.1, 0.15) is 18.9 Å². The normalized spacial score (nSPS) is 11.6. The summed E-state index contributed by atoms with van der Waals surface area (Å²) in [6, 6.07) is 8.83. The van der Waals surface area contributed by atoms with Crippen LogP contribution in [-0.2, 0) is 16.0 Å². The number of rotatable bonds is 5. The van der Waals surface area contributed by atoms with Crippen molar-refractivity contribution < 1.29 is 9.59 Å². The van der Waals surface area contributed by atoms with E-state index in [0.29, 0.717) is 12.8 Å². The van der Waals surface area contributed by atoms with Crippen LogP contribution in [0.25, 0.3) is 0 Å². The Morgan fingerprint density at radius 1 is 1.29 bits per heavy atom. The molecule has 0 heterocycles. The summed E-state index contributed by atoms with van der Waals surface area (Å²) in [6.45, 7) is 1.73. The van der Waals surface area contributed by atoms with Crippen molar-refractivity contribution in [1.82, 2.24) is 10.7 Å². The monoisotopic (exact) mass is 235 g/mol. The first-order valence-corrected chi connectivity index (χ1v) is 5.51. The fourth-order valence-electron chi connectivity index (χ4n) is 1.46. The SMILES string of the molecule is CCC(=O)N[C@H](Cc1ccccc1)C(=O)NN. The first kappa shape index (κ1) is 13.2. The topological polar surface area (TPSA) is 84.2 Å². The van der Waals surface area contributed by atoms with Crippen LogP contribution < -0.4 is 16.6 Å². The lowest BCUT2D eigenvalue weighted by Crippen LogP contribution is -2.49. The molecule has 5 nitrogen and oxygen atoms in total. The highest BCUT2D eigenvalue weighted by molar-refractivity contribution is 5.87. The molecule has 5 heteroatoms. The Hall–Kier alpha value is -1.88. The number of nitrogens with two attached hydrogens (primary N) is 1. The summed E-state index contributed by atoms with van der Waals surface area (Å²) in [5.41, 5.74) is 3.03. The fourth-order valence-corrected chi connectivity index (χ4v) is 1.46. The molecule has 0 aliphatic heterocycles. The quantitative estimate of drug-likeness (QED) is 0.385. The van der Waals surface area contributed by atoms with Gasteiger partial charge in [-0.15, -0.1) is 0 Å². The van der Waals surface area contributed by atoms with E-state index in [-0.39, 0.29) is 5.91 Å². The molecule has 0 fully saturated rings. The fraction of sp³-hybridized carbons (Fsp3) is 0.333. The van der Waals surface area contributed by atoms with Gasteiger partial charge in [0, 0.05) is 12.8 Å². The Balaban J connectivity index is 2.70. The van der Waals surface area contributed by atoms with Gasteiger partial charge in [0.15, 0.2) is 0 Å². The minimum atomic E-state index is -0.630. The van der Waals surface area contributed by atoms with E-state index in [2.05, 4.69) is 10.7 Å². The minimum Gasteiger partial charge on any atom is -0.344 e. The zero-order chi connectivity index (χ0) is 12.7. The van der Waals surface area contributed by atoms with Crippen LogP contribution in [0.2, 0.25) is 0 Å². The van der Waals surface area contributed by atoms with E-state index in [1.165, 1.54) is 0 Å². The molecule has 0 aliphatic rings. The lowest BCUT2D eigenvalue weighted by Gasteiger charge is -2.16. The second-order valence-corrected chi connectivity index (χ2v) is 3.67. The van der Waals surface area contributed by atoms with Gasteiger partial charge >= 0.3 is 0 Å². The summed E-state index contributed by atoms with van der Waals surface area (Å²) in [6.07, 6.45) is 0.763. The molecule has 4 N–H and O–H groups in total. The number of hydrogen-bond acceptors (Lipinski definition) is 3. The Bertz CT molecular complexity index is 379. The van der Waals surface area contributed by atoms with Gasteiger partial charge in [0.2, 0.25) is 5.91 Å². The van der Waals surface area contributed by atoms with Crippen molar-refractivity contribution in [3.05, 3.63) is 35.9 Å². The van der Waals surface area contributed by atoms with Crippen LogP contribution in [-0.4, -0.2) is 17.9 Å². The molecule has 0 saturated heterocycles. The van der Waals surface area contributed by atoms with Crippen molar-refractivity contribution in [3.8, 4) is 0 Å². The highest BCUT2D eigenvalue weighted by Gasteiger charge is 2.19. The lowest BCUT2D eigenvalue weighted by molar-refractivity contribution is -0.128. The van der Waals surface area contributed by atoms with E-state index in [9.17, 15) is 9.59 Å². The first-order chi connectivity index (χ1) is 8.17. The predicted molar refractivity (Wildman–Crippen MR) is 64.7 cm³/mol. The van der Waals surface area contributed by atoms with Crippen molar-refractivity contribution in [1.29, 1.82) is 0 Å². The molecule has 0 unspecified atom stereocenters. The van der Waals surface area contributed by atoms with Crippen LogP contribution in [0, 0.1) is 0 Å².